The standard InChI is InChI=1S/C9H8BF/c10-7-3-4-8(6-1-2-6)9(11)5-7/h3-6H,1-2H2. The second-order valence-electron chi connectivity index (χ2n) is 3.06. The van der Waals surface area contributed by atoms with E-state index in [4.69, 9.17) is 7.85 Å². The molecule has 0 spiro atoms. The summed E-state index contributed by atoms with van der Waals surface area (Å²) in [5, 5.41) is 0. The van der Waals surface area contributed by atoms with Gasteiger partial charge in [-0.2, -0.15) is 0 Å². The molecule has 11 heavy (non-hydrogen) atoms. The van der Waals surface area contributed by atoms with Gasteiger partial charge in [-0.3, -0.25) is 0 Å². The Balaban J connectivity index is 2.39. The molecule has 0 nitrogen and oxygen atoms in total. The van der Waals surface area contributed by atoms with Crippen LogP contribution in [0.5, 0.6) is 0 Å². The molecule has 0 N–H and O–H groups in total. The molecule has 1 aromatic rings. The van der Waals surface area contributed by atoms with Gasteiger partial charge in [-0.25, -0.2) is 4.39 Å². The molecule has 0 saturated heterocycles. The van der Waals surface area contributed by atoms with Crippen LogP contribution in [0.15, 0.2) is 18.2 Å². The highest BCUT2D eigenvalue weighted by Gasteiger charge is 2.25. The van der Waals surface area contributed by atoms with Crippen molar-refractivity contribution in [1.82, 2.24) is 0 Å². The van der Waals surface area contributed by atoms with Crippen LogP contribution in [0.3, 0.4) is 0 Å². The van der Waals surface area contributed by atoms with Crippen LogP contribution < -0.4 is 5.46 Å². The van der Waals surface area contributed by atoms with Crippen LogP contribution in [0, 0.1) is 5.82 Å². The van der Waals surface area contributed by atoms with E-state index in [0.717, 1.165) is 18.4 Å². The van der Waals surface area contributed by atoms with Gasteiger partial charge in [0.15, 0.2) is 0 Å². The summed E-state index contributed by atoms with van der Waals surface area (Å²) in [4.78, 5) is 0. The fourth-order valence-electron chi connectivity index (χ4n) is 1.27. The zero-order valence-corrected chi connectivity index (χ0v) is 6.18. The molecule has 0 bridgehead atoms. The summed E-state index contributed by atoms with van der Waals surface area (Å²) in [5.41, 5.74) is 1.34. The van der Waals surface area contributed by atoms with Crippen LogP contribution in [0.4, 0.5) is 4.39 Å². The first-order valence-corrected chi connectivity index (χ1v) is 3.82. The molecule has 1 saturated carbocycles. The van der Waals surface area contributed by atoms with E-state index in [1.807, 2.05) is 0 Å². The molecular formula is C9H8BF. The van der Waals surface area contributed by atoms with E-state index in [1.165, 1.54) is 6.07 Å². The number of halogens is 1. The van der Waals surface area contributed by atoms with E-state index in [2.05, 4.69) is 0 Å². The molecule has 0 unspecified atom stereocenters. The highest BCUT2D eigenvalue weighted by molar-refractivity contribution is 6.32. The normalized spacial score (nSPS) is 16.8. The molecule has 1 aliphatic carbocycles. The fourth-order valence-corrected chi connectivity index (χ4v) is 1.27. The van der Waals surface area contributed by atoms with Gasteiger partial charge in [-0.05, 0) is 30.4 Å². The molecule has 0 aliphatic heterocycles. The van der Waals surface area contributed by atoms with Crippen LogP contribution in [-0.4, -0.2) is 7.85 Å². The predicted octanol–water partition coefficient (Wildman–Crippen LogP) is 1.50. The van der Waals surface area contributed by atoms with Crippen molar-refractivity contribution in [3.8, 4) is 0 Å². The van der Waals surface area contributed by atoms with Gasteiger partial charge in [0, 0.05) is 0 Å². The maximum Gasteiger partial charge on any atom is 0.126 e. The number of hydrogen-bond donors (Lipinski definition) is 0. The summed E-state index contributed by atoms with van der Waals surface area (Å²) in [5.74, 6) is 0.322. The molecule has 2 radical (unpaired) electrons. The summed E-state index contributed by atoms with van der Waals surface area (Å²) < 4.78 is 13.1. The summed E-state index contributed by atoms with van der Waals surface area (Å²) in [7, 11) is 5.41. The first-order chi connectivity index (χ1) is 5.27. The molecule has 0 heterocycles. The molecule has 1 fully saturated rings. The lowest BCUT2D eigenvalue weighted by atomic mass is 9.94. The first kappa shape index (κ1) is 6.90. The molecule has 2 rings (SSSR count). The maximum atomic E-state index is 13.1. The van der Waals surface area contributed by atoms with Gasteiger partial charge in [0.1, 0.15) is 13.7 Å². The average molecular weight is 146 g/mol. The Morgan fingerprint density at radius 2 is 2.09 bits per heavy atom. The topological polar surface area (TPSA) is 0 Å². The minimum absolute atomic E-state index is 0.146. The summed E-state index contributed by atoms with van der Waals surface area (Å²) in [6.45, 7) is 0. The fraction of sp³-hybridized carbons (Fsp3) is 0.333. The van der Waals surface area contributed by atoms with Gasteiger partial charge >= 0.3 is 0 Å². The predicted molar refractivity (Wildman–Crippen MR) is 43.8 cm³/mol. The zero-order valence-electron chi connectivity index (χ0n) is 6.18. The Morgan fingerprint density at radius 1 is 1.36 bits per heavy atom. The van der Waals surface area contributed by atoms with E-state index < -0.39 is 0 Å². The van der Waals surface area contributed by atoms with Crippen molar-refractivity contribution in [2.24, 2.45) is 0 Å². The van der Waals surface area contributed by atoms with Crippen LogP contribution in [-0.2, 0) is 0 Å². The molecule has 0 atom stereocenters. The molecular weight excluding hydrogens is 138 g/mol. The van der Waals surface area contributed by atoms with E-state index in [-0.39, 0.29) is 5.82 Å². The van der Waals surface area contributed by atoms with Crippen LogP contribution in [0.1, 0.15) is 24.3 Å². The lowest BCUT2D eigenvalue weighted by Crippen LogP contribution is -2.03. The van der Waals surface area contributed by atoms with E-state index >= 15 is 0 Å². The van der Waals surface area contributed by atoms with Gasteiger partial charge in [-0.15, -0.1) is 0 Å². The first-order valence-electron chi connectivity index (χ1n) is 3.82. The third kappa shape index (κ3) is 1.30. The minimum atomic E-state index is -0.146. The van der Waals surface area contributed by atoms with Crippen molar-refractivity contribution in [3.05, 3.63) is 29.6 Å². The molecule has 1 aliphatic rings. The highest BCUT2D eigenvalue weighted by atomic mass is 19.1. The summed E-state index contributed by atoms with van der Waals surface area (Å²) in [6.07, 6.45) is 2.25. The van der Waals surface area contributed by atoms with E-state index in [1.54, 1.807) is 12.1 Å². The Labute approximate surface area is 66.8 Å². The largest absolute Gasteiger partial charge is 0.207 e. The smallest absolute Gasteiger partial charge is 0.126 e. The van der Waals surface area contributed by atoms with Gasteiger partial charge < -0.3 is 0 Å². The Hall–Kier alpha value is -0.785. The number of benzene rings is 1. The summed E-state index contributed by atoms with van der Waals surface area (Å²) in [6, 6.07) is 4.95. The molecule has 0 amide bonds. The second-order valence-corrected chi connectivity index (χ2v) is 3.06. The maximum absolute atomic E-state index is 13.1. The Morgan fingerprint density at radius 3 is 2.64 bits per heavy atom. The third-order valence-electron chi connectivity index (χ3n) is 2.04. The SMILES string of the molecule is [B]c1ccc(C2CC2)c(F)c1. The van der Waals surface area contributed by atoms with Crippen molar-refractivity contribution in [2.75, 3.05) is 0 Å². The van der Waals surface area contributed by atoms with Gasteiger partial charge in [0.05, 0.1) is 0 Å². The van der Waals surface area contributed by atoms with Gasteiger partial charge in [0.25, 0.3) is 0 Å². The zero-order chi connectivity index (χ0) is 7.84. The third-order valence-corrected chi connectivity index (χ3v) is 2.04. The average Bonchev–Trinajstić information content (AvgIpc) is 2.70. The van der Waals surface area contributed by atoms with Crippen molar-refractivity contribution in [3.63, 3.8) is 0 Å². The number of rotatable bonds is 1. The lowest BCUT2D eigenvalue weighted by Gasteiger charge is -2.00. The Kier molecular flexibility index (Phi) is 1.48. The van der Waals surface area contributed by atoms with E-state index in [0.29, 0.717) is 11.4 Å². The van der Waals surface area contributed by atoms with Crippen LogP contribution >= 0.6 is 0 Å². The second kappa shape index (κ2) is 2.37. The minimum Gasteiger partial charge on any atom is -0.207 e. The Bertz CT molecular complexity index is 279. The molecule has 0 aromatic heterocycles. The molecule has 2 heteroatoms. The monoisotopic (exact) mass is 146 g/mol. The number of hydrogen-bond acceptors (Lipinski definition) is 0. The lowest BCUT2D eigenvalue weighted by molar-refractivity contribution is 0.612. The van der Waals surface area contributed by atoms with Crippen LogP contribution in [0.25, 0.3) is 0 Å². The van der Waals surface area contributed by atoms with Crippen molar-refractivity contribution in [2.45, 2.75) is 18.8 Å². The molecule has 54 valence electrons. The summed E-state index contributed by atoms with van der Waals surface area (Å²) >= 11 is 0. The van der Waals surface area contributed by atoms with Crippen molar-refractivity contribution < 1.29 is 4.39 Å². The van der Waals surface area contributed by atoms with Gasteiger partial charge in [-0.1, -0.05) is 17.6 Å². The van der Waals surface area contributed by atoms with Crippen molar-refractivity contribution in [1.29, 1.82) is 0 Å². The quantitative estimate of drug-likeness (QED) is 0.526. The highest BCUT2D eigenvalue weighted by Crippen LogP contribution is 2.40. The van der Waals surface area contributed by atoms with Crippen LogP contribution in [0.2, 0.25) is 0 Å². The van der Waals surface area contributed by atoms with Crippen molar-refractivity contribution >= 4 is 13.3 Å². The van der Waals surface area contributed by atoms with E-state index in [9.17, 15) is 4.39 Å². The van der Waals surface area contributed by atoms with Gasteiger partial charge in [0.2, 0.25) is 0 Å². The molecule has 1 aromatic carbocycles.